The van der Waals surface area contributed by atoms with Gasteiger partial charge in [0.25, 0.3) is 0 Å². The van der Waals surface area contributed by atoms with Crippen molar-refractivity contribution in [1.29, 1.82) is 0 Å². The molecule has 19 heavy (non-hydrogen) atoms. The van der Waals surface area contributed by atoms with Gasteiger partial charge in [-0.25, -0.2) is 0 Å². The Hall–Kier alpha value is -1.96. The van der Waals surface area contributed by atoms with Crippen molar-refractivity contribution in [3.63, 3.8) is 0 Å². The largest absolute Gasteiger partial charge is 0.497 e. The third-order valence-electron chi connectivity index (χ3n) is 3.00. The third kappa shape index (κ3) is 4.32. The molecule has 0 N–H and O–H groups in total. The SMILES string of the molecule is COc1cccc(CCCOc2cccc(C)c2)c1. The number of hydrogen-bond donors (Lipinski definition) is 0. The molecule has 0 aliphatic heterocycles. The molecular formula is C17H20O2. The van der Waals surface area contributed by atoms with Crippen LogP contribution in [0.1, 0.15) is 17.5 Å². The van der Waals surface area contributed by atoms with Gasteiger partial charge in [-0.3, -0.25) is 0 Å². The predicted molar refractivity (Wildman–Crippen MR) is 78.0 cm³/mol. The maximum Gasteiger partial charge on any atom is 0.119 e. The first-order valence-corrected chi connectivity index (χ1v) is 6.60. The molecular weight excluding hydrogens is 236 g/mol. The van der Waals surface area contributed by atoms with Crippen LogP contribution in [0.25, 0.3) is 0 Å². The van der Waals surface area contributed by atoms with Gasteiger partial charge < -0.3 is 9.47 Å². The summed E-state index contributed by atoms with van der Waals surface area (Å²) in [4.78, 5) is 0. The molecule has 0 aliphatic carbocycles. The van der Waals surface area contributed by atoms with Gasteiger partial charge in [0.1, 0.15) is 11.5 Å². The highest BCUT2D eigenvalue weighted by Crippen LogP contribution is 2.15. The van der Waals surface area contributed by atoms with Crippen LogP contribution in [0.5, 0.6) is 11.5 Å². The van der Waals surface area contributed by atoms with Crippen LogP contribution in [-0.4, -0.2) is 13.7 Å². The monoisotopic (exact) mass is 256 g/mol. The number of aryl methyl sites for hydroxylation is 2. The van der Waals surface area contributed by atoms with Crippen molar-refractivity contribution in [2.24, 2.45) is 0 Å². The molecule has 0 saturated carbocycles. The average Bonchev–Trinajstić information content (AvgIpc) is 2.44. The Morgan fingerprint density at radius 1 is 0.947 bits per heavy atom. The molecule has 2 nitrogen and oxygen atoms in total. The van der Waals surface area contributed by atoms with Crippen molar-refractivity contribution >= 4 is 0 Å². The van der Waals surface area contributed by atoms with Gasteiger partial charge in [-0.2, -0.15) is 0 Å². The second kappa shape index (κ2) is 6.83. The normalized spacial score (nSPS) is 10.2. The van der Waals surface area contributed by atoms with Crippen LogP contribution in [0.3, 0.4) is 0 Å². The summed E-state index contributed by atoms with van der Waals surface area (Å²) < 4.78 is 10.9. The fourth-order valence-corrected chi connectivity index (χ4v) is 2.00. The molecule has 100 valence electrons. The van der Waals surface area contributed by atoms with Gasteiger partial charge in [0.2, 0.25) is 0 Å². The molecule has 0 bridgehead atoms. The summed E-state index contributed by atoms with van der Waals surface area (Å²) in [5.74, 6) is 1.86. The van der Waals surface area contributed by atoms with Gasteiger partial charge in [-0.1, -0.05) is 24.3 Å². The van der Waals surface area contributed by atoms with E-state index < -0.39 is 0 Å². The maximum absolute atomic E-state index is 5.73. The Morgan fingerprint density at radius 3 is 2.53 bits per heavy atom. The fraction of sp³-hybridized carbons (Fsp3) is 0.294. The Bertz CT molecular complexity index is 520. The lowest BCUT2D eigenvalue weighted by molar-refractivity contribution is 0.310. The van der Waals surface area contributed by atoms with E-state index in [2.05, 4.69) is 31.2 Å². The molecule has 0 amide bonds. The molecule has 0 fully saturated rings. The minimum Gasteiger partial charge on any atom is -0.497 e. The van der Waals surface area contributed by atoms with Crippen LogP contribution in [-0.2, 0) is 6.42 Å². The first-order chi connectivity index (χ1) is 9.28. The minimum absolute atomic E-state index is 0.737. The van der Waals surface area contributed by atoms with E-state index in [-0.39, 0.29) is 0 Å². The summed E-state index contributed by atoms with van der Waals surface area (Å²) in [6.45, 7) is 2.81. The molecule has 0 saturated heterocycles. The lowest BCUT2D eigenvalue weighted by Gasteiger charge is -2.07. The van der Waals surface area contributed by atoms with E-state index in [4.69, 9.17) is 9.47 Å². The summed E-state index contributed by atoms with van der Waals surface area (Å²) in [6, 6.07) is 16.3. The average molecular weight is 256 g/mol. The van der Waals surface area contributed by atoms with Crippen molar-refractivity contribution in [3.8, 4) is 11.5 Å². The van der Waals surface area contributed by atoms with Crippen molar-refractivity contribution in [1.82, 2.24) is 0 Å². The van der Waals surface area contributed by atoms with Gasteiger partial charge in [0.05, 0.1) is 13.7 Å². The number of hydrogen-bond acceptors (Lipinski definition) is 2. The highest BCUT2D eigenvalue weighted by Gasteiger charge is 1.98. The van der Waals surface area contributed by atoms with Crippen molar-refractivity contribution in [2.75, 3.05) is 13.7 Å². The first kappa shape index (κ1) is 13.5. The van der Waals surface area contributed by atoms with E-state index in [1.165, 1.54) is 11.1 Å². The molecule has 0 aromatic heterocycles. The van der Waals surface area contributed by atoms with Crippen molar-refractivity contribution in [3.05, 3.63) is 59.7 Å². The van der Waals surface area contributed by atoms with Gasteiger partial charge in [-0.05, 0) is 55.2 Å². The molecule has 2 heteroatoms. The van der Waals surface area contributed by atoms with E-state index in [1.807, 2.05) is 24.3 Å². The Balaban J connectivity index is 1.77. The minimum atomic E-state index is 0.737. The van der Waals surface area contributed by atoms with Gasteiger partial charge in [0, 0.05) is 0 Å². The topological polar surface area (TPSA) is 18.5 Å². The van der Waals surface area contributed by atoms with Crippen LogP contribution in [0.2, 0.25) is 0 Å². The number of rotatable bonds is 6. The van der Waals surface area contributed by atoms with Crippen molar-refractivity contribution < 1.29 is 9.47 Å². The van der Waals surface area contributed by atoms with Crippen LogP contribution >= 0.6 is 0 Å². The Morgan fingerprint density at radius 2 is 1.74 bits per heavy atom. The van der Waals surface area contributed by atoms with E-state index >= 15 is 0 Å². The highest BCUT2D eigenvalue weighted by atomic mass is 16.5. The lowest BCUT2D eigenvalue weighted by Crippen LogP contribution is -1.99. The second-order valence-corrected chi connectivity index (χ2v) is 4.62. The van der Waals surface area contributed by atoms with Crippen LogP contribution in [0.15, 0.2) is 48.5 Å². The smallest absolute Gasteiger partial charge is 0.119 e. The summed E-state index contributed by atoms with van der Waals surface area (Å²) >= 11 is 0. The molecule has 0 unspecified atom stereocenters. The first-order valence-electron chi connectivity index (χ1n) is 6.60. The zero-order chi connectivity index (χ0) is 13.5. The summed E-state index contributed by atoms with van der Waals surface area (Å²) in [5, 5.41) is 0. The molecule has 0 atom stereocenters. The maximum atomic E-state index is 5.73. The molecule has 2 rings (SSSR count). The zero-order valence-electron chi connectivity index (χ0n) is 11.6. The molecule has 0 spiro atoms. The molecule has 0 heterocycles. The van der Waals surface area contributed by atoms with Crippen LogP contribution in [0.4, 0.5) is 0 Å². The van der Waals surface area contributed by atoms with E-state index in [0.29, 0.717) is 0 Å². The summed E-state index contributed by atoms with van der Waals surface area (Å²) in [6.07, 6.45) is 2.00. The predicted octanol–water partition coefficient (Wildman–Crippen LogP) is 4.02. The molecule has 0 radical (unpaired) electrons. The van der Waals surface area contributed by atoms with Crippen LogP contribution < -0.4 is 9.47 Å². The quantitative estimate of drug-likeness (QED) is 0.727. The lowest BCUT2D eigenvalue weighted by atomic mass is 10.1. The zero-order valence-corrected chi connectivity index (χ0v) is 11.6. The molecule has 0 aliphatic rings. The third-order valence-corrected chi connectivity index (χ3v) is 3.00. The highest BCUT2D eigenvalue weighted by molar-refractivity contribution is 5.29. The van der Waals surface area contributed by atoms with Crippen LogP contribution in [0, 0.1) is 6.92 Å². The number of methoxy groups -OCH3 is 1. The standard InChI is InChI=1S/C17H20O2/c1-14-6-3-10-17(12-14)19-11-5-8-15-7-4-9-16(13-15)18-2/h3-4,6-7,9-10,12-13H,5,8,11H2,1-2H3. The Kier molecular flexibility index (Phi) is 4.85. The van der Waals surface area contributed by atoms with Crippen molar-refractivity contribution in [2.45, 2.75) is 19.8 Å². The van der Waals surface area contributed by atoms with Gasteiger partial charge in [-0.15, -0.1) is 0 Å². The molecule has 2 aromatic rings. The fourth-order valence-electron chi connectivity index (χ4n) is 2.00. The number of ether oxygens (including phenoxy) is 2. The van der Waals surface area contributed by atoms with Gasteiger partial charge >= 0.3 is 0 Å². The van der Waals surface area contributed by atoms with E-state index in [9.17, 15) is 0 Å². The van der Waals surface area contributed by atoms with E-state index in [1.54, 1.807) is 7.11 Å². The summed E-state index contributed by atoms with van der Waals surface area (Å²) in [7, 11) is 1.69. The number of benzene rings is 2. The van der Waals surface area contributed by atoms with Gasteiger partial charge in [0.15, 0.2) is 0 Å². The Labute approximate surface area is 115 Å². The summed E-state index contributed by atoms with van der Waals surface area (Å²) in [5.41, 5.74) is 2.51. The van der Waals surface area contributed by atoms with E-state index in [0.717, 1.165) is 30.9 Å². The second-order valence-electron chi connectivity index (χ2n) is 4.62. The molecule has 2 aromatic carbocycles.